The van der Waals surface area contributed by atoms with E-state index in [1.165, 1.54) is 0 Å². The average Bonchev–Trinajstić information content (AvgIpc) is 2.84. The lowest BCUT2D eigenvalue weighted by Crippen LogP contribution is -2.54. The van der Waals surface area contributed by atoms with Gasteiger partial charge in [0.05, 0.1) is 13.2 Å². The molecule has 4 rings (SSSR count). The van der Waals surface area contributed by atoms with Crippen molar-refractivity contribution in [1.82, 2.24) is 9.80 Å². The third-order valence-electron chi connectivity index (χ3n) is 6.42. The van der Waals surface area contributed by atoms with E-state index in [1.807, 2.05) is 4.90 Å². The van der Waals surface area contributed by atoms with Crippen LogP contribution in [0, 0.1) is 0 Å². The molecule has 6 nitrogen and oxygen atoms in total. The molecule has 0 N–H and O–H groups in total. The third kappa shape index (κ3) is 5.75. The molecule has 0 unspecified atom stereocenters. The number of hydrogen-bond donors (Lipinski definition) is 0. The zero-order valence-corrected chi connectivity index (χ0v) is 20.0. The lowest BCUT2D eigenvalue weighted by Gasteiger charge is -2.41. The summed E-state index contributed by atoms with van der Waals surface area (Å²) >= 11 is 5.90. The van der Waals surface area contributed by atoms with Crippen LogP contribution in [0.5, 0.6) is 5.75 Å². The van der Waals surface area contributed by atoms with Crippen molar-refractivity contribution in [2.45, 2.75) is 38.3 Å². The van der Waals surface area contributed by atoms with Gasteiger partial charge in [-0.2, -0.15) is 0 Å². The maximum atomic E-state index is 13.2. The molecule has 7 heteroatoms. The molecule has 0 saturated carbocycles. The molecule has 33 heavy (non-hydrogen) atoms. The summed E-state index contributed by atoms with van der Waals surface area (Å²) in [6.45, 7) is 8.62. The topological polar surface area (TPSA) is 59.1 Å². The second kappa shape index (κ2) is 10.2. The van der Waals surface area contributed by atoms with Crippen LogP contribution in [0.2, 0.25) is 5.02 Å². The number of halogens is 1. The van der Waals surface area contributed by atoms with Gasteiger partial charge in [0.2, 0.25) is 0 Å². The highest BCUT2D eigenvalue weighted by atomic mass is 35.5. The maximum absolute atomic E-state index is 13.2. The highest BCUT2D eigenvalue weighted by molar-refractivity contribution is 6.30. The molecule has 2 aromatic rings. The molecule has 0 atom stereocenters. The number of hydrogen-bond acceptors (Lipinski definition) is 5. The highest BCUT2D eigenvalue weighted by Gasteiger charge is 2.37. The smallest absolute Gasteiger partial charge is 0.266 e. The number of amides is 1. The van der Waals surface area contributed by atoms with Crippen molar-refractivity contribution in [2.24, 2.45) is 0 Å². The van der Waals surface area contributed by atoms with Crippen LogP contribution in [-0.2, 0) is 9.53 Å². The number of ketones is 1. The van der Waals surface area contributed by atoms with Gasteiger partial charge in [-0.05, 0) is 75.2 Å². The van der Waals surface area contributed by atoms with Crippen molar-refractivity contribution in [3.63, 3.8) is 0 Å². The molecule has 0 aromatic heterocycles. The number of likely N-dealkylation sites (tertiary alicyclic amines) is 1. The number of rotatable bonds is 6. The summed E-state index contributed by atoms with van der Waals surface area (Å²) in [6.07, 6.45) is 1.95. The molecule has 0 bridgehead atoms. The summed E-state index contributed by atoms with van der Waals surface area (Å²) in [7, 11) is 0. The van der Waals surface area contributed by atoms with Crippen molar-refractivity contribution in [3.05, 3.63) is 64.7 Å². The van der Waals surface area contributed by atoms with Crippen molar-refractivity contribution >= 4 is 23.3 Å². The van der Waals surface area contributed by atoms with E-state index < -0.39 is 5.60 Å². The second-order valence-corrected chi connectivity index (χ2v) is 9.58. The summed E-state index contributed by atoms with van der Waals surface area (Å²) in [5, 5.41) is 0.590. The van der Waals surface area contributed by atoms with Gasteiger partial charge in [0.1, 0.15) is 5.75 Å². The number of nitrogens with zero attached hydrogens (tertiary/aromatic N) is 2. The summed E-state index contributed by atoms with van der Waals surface area (Å²) in [4.78, 5) is 30.2. The van der Waals surface area contributed by atoms with Gasteiger partial charge in [-0.3, -0.25) is 14.5 Å². The molecule has 1 amide bonds. The van der Waals surface area contributed by atoms with E-state index in [0.717, 1.165) is 52.2 Å². The lowest BCUT2D eigenvalue weighted by molar-refractivity contribution is -0.147. The molecule has 2 saturated heterocycles. The molecule has 0 radical (unpaired) electrons. The first-order valence-electron chi connectivity index (χ1n) is 11.5. The Bertz CT molecular complexity index is 961. The van der Waals surface area contributed by atoms with Crippen LogP contribution in [0.15, 0.2) is 48.5 Å². The third-order valence-corrected chi connectivity index (χ3v) is 6.68. The number of benzene rings is 2. The van der Waals surface area contributed by atoms with Gasteiger partial charge in [-0.25, -0.2) is 0 Å². The van der Waals surface area contributed by atoms with E-state index >= 15 is 0 Å². The second-order valence-electron chi connectivity index (χ2n) is 9.14. The highest BCUT2D eigenvalue weighted by Crippen LogP contribution is 2.25. The van der Waals surface area contributed by atoms with E-state index in [2.05, 4.69) is 4.90 Å². The number of carbonyl (C=O) groups excluding carboxylic acids is 2. The van der Waals surface area contributed by atoms with Gasteiger partial charge < -0.3 is 14.4 Å². The predicted octanol–water partition coefficient (Wildman–Crippen LogP) is 4.05. The van der Waals surface area contributed by atoms with Gasteiger partial charge in [0, 0.05) is 48.4 Å². The van der Waals surface area contributed by atoms with Gasteiger partial charge in [-0.1, -0.05) is 11.6 Å². The van der Waals surface area contributed by atoms with Crippen LogP contribution in [0.3, 0.4) is 0 Å². The molecule has 176 valence electrons. The largest absolute Gasteiger partial charge is 0.478 e. The zero-order valence-electron chi connectivity index (χ0n) is 19.3. The Hall–Kier alpha value is -2.41. The monoisotopic (exact) mass is 470 g/mol. The standard InChI is InChI=1S/C26H31ClN2O4/c1-26(2,25(31)29-13-11-22(12-14-29)28-15-17-32-18-16-28)33-23-9-5-20(6-10-23)24(30)19-3-7-21(27)8-4-19/h3-10,22H,11-18H2,1-2H3. The summed E-state index contributed by atoms with van der Waals surface area (Å²) < 4.78 is 11.5. The van der Waals surface area contributed by atoms with Gasteiger partial charge in [0.25, 0.3) is 5.91 Å². The zero-order chi connectivity index (χ0) is 23.4. The Morgan fingerprint density at radius 3 is 2.03 bits per heavy atom. The van der Waals surface area contributed by atoms with E-state index in [0.29, 0.717) is 27.9 Å². The first-order chi connectivity index (χ1) is 15.8. The Morgan fingerprint density at radius 1 is 0.909 bits per heavy atom. The number of ether oxygens (including phenoxy) is 2. The molecule has 2 heterocycles. The minimum Gasteiger partial charge on any atom is -0.478 e. The normalized spacial score (nSPS) is 18.2. The lowest BCUT2D eigenvalue weighted by atomic mass is 9.99. The Morgan fingerprint density at radius 2 is 1.45 bits per heavy atom. The van der Waals surface area contributed by atoms with Gasteiger partial charge in [0.15, 0.2) is 11.4 Å². The predicted molar refractivity (Wildman–Crippen MR) is 128 cm³/mol. The summed E-state index contributed by atoms with van der Waals surface area (Å²) in [5.74, 6) is 0.463. The minimum atomic E-state index is -0.993. The Kier molecular flexibility index (Phi) is 7.37. The van der Waals surface area contributed by atoms with Crippen LogP contribution in [-0.4, -0.2) is 72.5 Å². The average molecular weight is 471 g/mol. The van der Waals surface area contributed by atoms with Crippen molar-refractivity contribution < 1.29 is 19.1 Å². The quantitative estimate of drug-likeness (QED) is 0.596. The Balaban J connectivity index is 1.33. The molecule has 2 aliphatic heterocycles. The SMILES string of the molecule is CC(C)(Oc1ccc(C(=O)c2ccc(Cl)cc2)cc1)C(=O)N1CCC(N2CCOCC2)CC1. The van der Waals surface area contributed by atoms with Crippen LogP contribution < -0.4 is 4.74 Å². The van der Waals surface area contributed by atoms with Crippen molar-refractivity contribution in [1.29, 1.82) is 0 Å². The van der Waals surface area contributed by atoms with Crippen molar-refractivity contribution in [2.75, 3.05) is 39.4 Å². The van der Waals surface area contributed by atoms with E-state index in [9.17, 15) is 9.59 Å². The summed E-state index contributed by atoms with van der Waals surface area (Å²) in [6, 6.07) is 14.3. The van der Waals surface area contributed by atoms with Crippen LogP contribution in [0.25, 0.3) is 0 Å². The Labute approximate surface area is 200 Å². The molecular formula is C26H31ClN2O4. The van der Waals surface area contributed by atoms with E-state index in [-0.39, 0.29) is 11.7 Å². The first kappa shape index (κ1) is 23.7. The number of carbonyl (C=O) groups is 2. The van der Waals surface area contributed by atoms with Crippen molar-refractivity contribution in [3.8, 4) is 5.75 Å². The van der Waals surface area contributed by atoms with Crippen LogP contribution >= 0.6 is 11.6 Å². The fourth-order valence-corrected chi connectivity index (χ4v) is 4.66. The molecule has 0 spiro atoms. The fraction of sp³-hybridized carbons (Fsp3) is 0.462. The maximum Gasteiger partial charge on any atom is 0.266 e. The van der Waals surface area contributed by atoms with Gasteiger partial charge >= 0.3 is 0 Å². The summed E-state index contributed by atoms with van der Waals surface area (Å²) in [5.41, 5.74) is 0.135. The number of piperidine rings is 1. The molecular weight excluding hydrogens is 440 g/mol. The van der Waals surface area contributed by atoms with E-state index in [4.69, 9.17) is 21.1 Å². The fourth-order valence-electron chi connectivity index (χ4n) is 4.54. The van der Waals surface area contributed by atoms with Gasteiger partial charge in [-0.15, -0.1) is 0 Å². The minimum absolute atomic E-state index is 0.00996. The molecule has 2 fully saturated rings. The molecule has 2 aromatic carbocycles. The van der Waals surface area contributed by atoms with Crippen LogP contribution in [0.4, 0.5) is 0 Å². The molecule has 2 aliphatic rings. The van der Waals surface area contributed by atoms with Crippen LogP contribution in [0.1, 0.15) is 42.6 Å². The number of morpholine rings is 1. The molecule has 0 aliphatic carbocycles. The van der Waals surface area contributed by atoms with E-state index in [1.54, 1.807) is 62.4 Å². The first-order valence-corrected chi connectivity index (χ1v) is 11.9.